The second kappa shape index (κ2) is 7.31. The van der Waals surface area contributed by atoms with Crippen LogP contribution in [0.25, 0.3) is 0 Å². The van der Waals surface area contributed by atoms with Crippen LogP contribution in [0.3, 0.4) is 0 Å². The van der Waals surface area contributed by atoms with Crippen LogP contribution in [-0.4, -0.2) is 39.1 Å². The fourth-order valence-corrected chi connectivity index (χ4v) is 3.78. The van der Waals surface area contributed by atoms with E-state index in [1.807, 2.05) is 0 Å². The highest BCUT2D eigenvalue weighted by atomic mass is 32.2. The fourth-order valence-electron chi connectivity index (χ4n) is 2.45. The first-order valence-corrected chi connectivity index (χ1v) is 8.08. The zero-order valence-corrected chi connectivity index (χ0v) is 13.3. The molecule has 0 aromatic heterocycles. The summed E-state index contributed by atoms with van der Waals surface area (Å²) in [6.07, 6.45) is 5.67. The molecule has 1 fully saturated rings. The van der Waals surface area contributed by atoms with Crippen molar-refractivity contribution in [2.75, 3.05) is 0 Å². The van der Waals surface area contributed by atoms with Gasteiger partial charge in [0.1, 0.15) is 6.04 Å². The molecule has 0 radical (unpaired) electrons. The Balaban J connectivity index is 2.49. The van der Waals surface area contributed by atoms with E-state index in [4.69, 9.17) is 10.8 Å². The van der Waals surface area contributed by atoms with Crippen molar-refractivity contribution in [3.05, 3.63) is 0 Å². The van der Waals surface area contributed by atoms with E-state index in [0.717, 1.165) is 12.8 Å². The fraction of sp³-hybridized carbons (Fsp3) is 0.857. The lowest BCUT2D eigenvalue weighted by atomic mass is 9.95. The van der Waals surface area contributed by atoms with Crippen molar-refractivity contribution in [3.63, 3.8) is 0 Å². The maximum absolute atomic E-state index is 12.2. The van der Waals surface area contributed by atoms with Crippen molar-refractivity contribution >= 4 is 23.6 Å². The molecule has 1 amide bonds. The molecule has 0 saturated heterocycles. The Morgan fingerprint density at radius 1 is 1.30 bits per heavy atom. The van der Waals surface area contributed by atoms with Gasteiger partial charge in [0.25, 0.3) is 0 Å². The maximum Gasteiger partial charge on any atom is 0.321 e. The third kappa shape index (κ3) is 4.98. The van der Waals surface area contributed by atoms with Gasteiger partial charge in [0.2, 0.25) is 5.91 Å². The van der Waals surface area contributed by atoms with Gasteiger partial charge < -0.3 is 16.2 Å². The predicted octanol–water partition coefficient (Wildman–Crippen LogP) is 1.75. The molecule has 0 spiro atoms. The topological polar surface area (TPSA) is 92.4 Å². The highest BCUT2D eigenvalue weighted by molar-refractivity contribution is 8.02. The highest BCUT2D eigenvalue weighted by Gasteiger charge is 2.36. The molecule has 0 bridgehead atoms. The van der Waals surface area contributed by atoms with Gasteiger partial charge in [0.05, 0.1) is 5.25 Å². The van der Waals surface area contributed by atoms with Gasteiger partial charge >= 0.3 is 5.97 Å². The lowest BCUT2D eigenvalue weighted by molar-refractivity contribution is -0.139. The second-order valence-electron chi connectivity index (χ2n) is 6.02. The monoisotopic (exact) mass is 302 g/mol. The van der Waals surface area contributed by atoms with Crippen molar-refractivity contribution in [2.24, 2.45) is 5.73 Å². The summed E-state index contributed by atoms with van der Waals surface area (Å²) >= 11 is 1.32. The third-order valence-electron chi connectivity index (χ3n) is 3.82. The van der Waals surface area contributed by atoms with Crippen molar-refractivity contribution in [1.82, 2.24) is 5.32 Å². The SMILES string of the molecule is CC(SC(C)(C)[C@@H](N)C(=O)O)C(=O)NC1CCCCC1. The summed E-state index contributed by atoms with van der Waals surface area (Å²) in [6, 6.07) is -0.715. The van der Waals surface area contributed by atoms with Crippen molar-refractivity contribution in [3.8, 4) is 0 Å². The Hall–Kier alpha value is -0.750. The van der Waals surface area contributed by atoms with E-state index in [2.05, 4.69) is 5.32 Å². The summed E-state index contributed by atoms with van der Waals surface area (Å²) in [7, 11) is 0. The molecule has 0 aromatic carbocycles. The quantitative estimate of drug-likeness (QED) is 0.695. The average Bonchev–Trinajstić information content (AvgIpc) is 2.38. The second-order valence-corrected chi connectivity index (χ2v) is 8.02. The van der Waals surface area contributed by atoms with Gasteiger partial charge in [-0.3, -0.25) is 9.59 Å². The minimum absolute atomic E-state index is 0.0208. The number of thioether (sulfide) groups is 1. The van der Waals surface area contributed by atoms with Gasteiger partial charge in [-0.2, -0.15) is 0 Å². The number of amides is 1. The summed E-state index contributed by atoms with van der Waals surface area (Å²) in [5.74, 6) is -1.06. The normalized spacial score (nSPS) is 20.2. The average molecular weight is 302 g/mol. The first-order chi connectivity index (χ1) is 9.24. The number of hydrogen-bond donors (Lipinski definition) is 3. The van der Waals surface area contributed by atoms with Crippen LogP contribution in [0.5, 0.6) is 0 Å². The number of carbonyl (C=O) groups excluding carboxylic acids is 1. The van der Waals surface area contributed by atoms with Crippen LogP contribution in [0.15, 0.2) is 0 Å². The minimum atomic E-state index is -1.04. The van der Waals surface area contributed by atoms with E-state index in [1.165, 1.54) is 31.0 Å². The number of rotatable bonds is 6. The molecule has 1 rings (SSSR count). The van der Waals surface area contributed by atoms with Crippen molar-refractivity contribution in [2.45, 2.75) is 75.0 Å². The third-order valence-corrected chi connectivity index (χ3v) is 5.25. The van der Waals surface area contributed by atoms with Gasteiger partial charge in [0.15, 0.2) is 0 Å². The Bertz CT molecular complexity index is 354. The van der Waals surface area contributed by atoms with E-state index >= 15 is 0 Å². The first kappa shape index (κ1) is 17.3. The number of carbonyl (C=O) groups is 2. The molecule has 6 heteroatoms. The summed E-state index contributed by atoms with van der Waals surface area (Å²) in [5, 5.41) is 11.7. The summed E-state index contributed by atoms with van der Waals surface area (Å²) in [4.78, 5) is 23.1. The molecule has 1 aliphatic carbocycles. The van der Waals surface area contributed by atoms with Crippen molar-refractivity contribution in [1.29, 1.82) is 0 Å². The maximum atomic E-state index is 12.2. The molecular formula is C14H26N2O3S. The zero-order chi connectivity index (χ0) is 15.3. The number of nitrogens with one attached hydrogen (secondary N) is 1. The molecule has 116 valence electrons. The summed E-state index contributed by atoms with van der Waals surface area (Å²) < 4.78 is -0.685. The van der Waals surface area contributed by atoms with Crippen molar-refractivity contribution < 1.29 is 14.7 Å². The molecule has 2 atom stereocenters. The van der Waals surface area contributed by atoms with Crippen LogP contribution in [0.2, 0.25) is 0 Å². The zero-order valence-electron chi connectivity index (χ0n) is 12.5. The molecule has 5 nitrogen and oxygen atoms in total. The van der Waals surface area contributed by atoms with Crippen LogP contribution in [0, 0.1) is 0 Å². The molecule has 0 aromatic rings. The molecule has 4 N–H and O–H groups in total. The van der Waals surface area contributed by atoms with E-state index < -0.39 is 16.8 Å². The Labute approximate surface area is 125 Å². The van der Waals surface area contributed by atoms with E-state index in [9.17, 15) is 9.59 Å². The molecular weight excluding hydrogens is 276 g/mol. The number of hydrogen-bond acceptors (Lipinski definition) is 4. The van der Waals surface area contributed by atoms with Crippen LogP contribution >= 0.6 is 11.8 Å². The number of nitrogens with two attached hydrogens (primary N) is 1. The number of carboxylic acids is 1. The summed E-state index contributed by atoms with van der Waals surface area (Å²) in [5.41, 5.74) is 5.67. The molecule has 1 unspecified atom stereocenters. The van der Waals surface area contributed by atoms with E-state index in [0.29, 0.717) is 0 Å². The smallest absolute Gasteiger partial charge is 0.321 e. The van der Waals surface area contributed by atoms with Crippen LogP contribution in [0.1, 0.15) is 52.9 Å². The molecule has 20 heavy (non-hydrogen) atoms. The van der Waals surface area contributed by atoms with E-state index in [-0.39, 0.29) is 17.2 Å². The summed E-state index contributed by atoms with van der Waals surface area (Å²) in [6.45, 7) is 5.33. The van der Waals surface area contributed by atoms with E-state index in [1.54, 1.807) is 20.8 Å². The van der Waals surface area contributed by atoms with Crippen LogP contribution in [0.4, 0.5) is 0 Å². The lowest BCUT2D eigenvalue weighted by Crippen LogP contribution is -2.49. The highest BCUT2D eigenvalue weighted by Crippen LogP contribution is 2.31. The Morgan fingerprint density at radius 3 is 2.35 bits per heavy atom. The molecule has 0 heterocycles. The van der Waals surface area contributed by atoms with Gasteiger partial charge in [-0.15, -0.1) is 11.8 Å². The number of aliphatic carboxylic acids is 1. The van der Waals surface area contributed by atoms with Gasteiger partial charge in [-0.1, -0.05) is 19.3 Å². The van der Waals surface area contributed by atoms with Gasteiger partial charge in [-0.05, 0) is 33.6 Å². The molecule has 0 aliphatic heterocycles. The largest absolute Gasteiger partial charge is 0.480 e. The molecule has 1 aliphatic rings. The van der Waals surface area contributed by atoms with Gasteiger partial charge in [0, 0.05) is 10.8 Å². The number of carboxylic acid groups (broad SMARTS) is 1. The lowest BCUT2D eigenvalue weighted by Gasteiger charge is -2.31. The Kier molecular flexibility index (Phi) is 6.33. The van der Waals surface area contributed by atoms with Gasteiger partial charge in [-0.25, -0.2) is 0 Å². The molecule has 1 saturated carbocycles. The van der Waals surface area contributed by atoms with Crippen LogP contribution < -0.4 is 11.1 Å². The predicted molar refractivity (Wildman–Crippen MR) is 81.8 cm³/mol. The first-order valence-electron chi connectivity index (χ1n) is 7.20. The van der Waals surface area contributed by atoms with Crippen LogP contribution in [-0.2, 0) is 9.59 Å². The Morgan fingerprint density at radius 2 is 1.85 bits per heavy atom. The minimum Gasteiger partial charge on any atom is -0.480 e. The standard InChI is InChI=1S/C14H26N2O3S/c1-9(20-14(2,3)11(15)13(18)19)12(17)16-10-7-5-4-6-8-10/h9-11H,4-8,15H2,1-3H3,(H,16,17)(H,18,19)/t9?,11-/m0/s1.